The zero-order chi connectivity index (χ0) is 23.1. The van der Waals surface area contributed by atoms with E-state index in [1.807, 2.05) is 32.0 Å². The van der Waals surface area contributed by atoms with Crippen LogP contribution in [0, 0.1) is 0 Å². The molecular weight excluding hydrogens is 476 g/mol. The summed E-state index contributed by atoms with van der Waals surface area (Å²) < 4.78 is 11.9. The average Bonchev–Trinajstić information content (AvgIpc) is 3.00. The Balaban J connectivity index is 1.43. The minimum absolute atomic E-state index is 0.111. The van der Waals surface area contributed by atoms with Crippen molar-refractivity contribution in [1.29, 1.82) is 0 Å². The number of halogens is 1. The van der Waals surface area contributed by atoms with Crippen LogP contribution in [-0.2, 0) is 11.2 Å². The number of hydrogen-bond acceptors (Lipinski definition) is 5. The summed E-state index contributed by atoms with van der Waals surface area (Å²) in [5.74, 6) is 0.681. The van der Waals surface area contributed by atoms with Crippen LogP contribution in [0.3, 0.4) is 0 Å². The van der Waals surface area contributed by atoms with Gasteiger partial charge >= 0.3 is 0 Å². The molecule has 3 amide bonds. The predicted octanol–water partition coefficient (Wildman–Crippen LogP) is 3.98. The fraction of sp³-hybridized carbons (Fsp3) is 0.375. The molecule has 0 fully saturated rings. The summed E-state index contributed by atoms with van der Waals surface area (Å²) >= 11 is 3.32. The standard InChI is InChI=1S/C24H27BrN2O5/c1-3-31-20-10-7-16(14-21(20)32-4-2)11-12-26-22(28)6-5-13-27-23(29)18-9-8-17(25)15-19(18)24(27)30/h7-10,14-15H,3-6,11-13H2,1-2H3,(H,26,28). The van der Waals surface area contributed by atoms with Crippen LogP contribution >= 0.6 is 15.9 Å². The van der Waals surface area contributed by atoms with Crippen LogP contribution in [0.25, 0.3) is 0 Å². The molecule has 1 heterocycles. The van der Waals surface area contributed by atoms with Gasteiger partial charge in [-0.2, -0.15) is 0 Å². The summed E-state index contributed by atoms with van der Waals surface area (Å²) in [6.07, 6.45) is 1.31. The Bertz CT molecular complexity index is 1010. The Morgan fingerprint density at radius 2 is 1.69 bits per heavy atom. The number of carbonyl (C=O) groups is 3. The van der Waals surface area contributed by atoms with Crippen molar-refractivity contribution in [3.8, 4) is 11.5 Å². The van der Waals surface area contributed by atoms with E-state index in [-0.39, 0.29) is 30.7 Å². The average molecular weight is 503 g/mol. The Hall–Kier alpha value is -2.87. The SMILES string of the molecule is CCOc1ccc(CCNC(=O)CCCN2C(=O)c3ccc(Br)cc3C2=O)cc1OCC. The van der Waals surface area contributed by atoms with Crippen molar-refractivity contribution < 1.29 is 23.9 Å². The molecule has 0 radical (unpaired) electrons. The number of hydrogen-bond donors (Lipinski definition) is 1. The Morgan fingerprint density at radius 1 is 0.969 bits per heavy atom. The van der Waals surface area contributed by atoms with E-state index in [2.05, 4.69) is 21.2 Å². The van der Waals surface area contributed by atoms with Crippen LogP contribution < -0.4 is 14.8 Å². The zero-order valence-corrected chi connectivity index (χ0v) is 19.9. The van der Waals surface area contributed by atoms with Crippen LogP contribution in [0.2, 0.25) is 0 Å². The molecule has 32 heavy (non-hydrogen) atoms. The normalized spacial score (nSPS) is 12.7. The molecule has 1 aliphatic rings. The van der Waals surface area contributed by atoms with Gasteiger partial charge in [0.2, 0.25) is 5.91 Å². The van der Waals surface area contributed by atoms with Crippen LogP contribution in [0.1, 0.15) is 53.0 Å². The first kappa shape index (κ1) is 23.8. The molecule has 0 atom stereocenters. The number of nitrogens with zero attached hydrogens (tertiary/aromatic N) is 1. The summed E-state index contributed by atoms with van der Waals surface area (Å²) in [4.78, 5) is 38.3. The second-order valence-electron chi connectivity index (χ2n) is 7.30. The number of amides is 3. The first-order valence-electron chi connectivity index (χ1n) is 10.8. The van der Waals surface area contributed by atoms with Crippen LogP contribution in [0.15, 0.2) is 40.9 Å². The van der Waals surface area contributed by atoms with Gasteiger partial charge in [-0.25, -0.2) is 0 Å². The molecule has 170 valence electrons. The third-order valence-corrected chi connectivity index (χ3v) is 5.56. The van der Waals surface area contributed by atoms with E-state index < -0.39 is 0 Å². The summed E-state index contributed by atoms with van der Waals surface area (Å²) in [7, 11) is 0. The molecule has 0 aliphatic carbocycles. The number of imide groups is 1. The highest BCUT2D eigenvalue weighted by Gasteiger charge is 2.35. The molecule has 8 heteroatoms. The third-order valence-electron chi connectivity index (χ3n) is 5.06. The fourth-order valence-electron chi connectivity index (χ4n) is 3.55. The molecule has 1 aliphatic heterocycles. The predicted molar refractivity (Wildman–Crippen MR) is 124 cm³/mol. The summed E-state index contributed by atoms with van der Waals surface area (Å²) in [5.41, 5.74) is 1.84. The number of rotatable bonds is 11. The molecule has 0 bridgehead atoms. The second kappa shape index (κ2) is 11.1. The lowest BCUT2D eigenvalue weighted by Gasteiger charge is -2.14. The number of ether oxygens (including phenoxy) is 2. The van der Waals surface area contributed by atoms with Crippen molar-refractivity contribution in [2.24, 2.45) is 0 Å². The van der Waals surface area contributed by atoms with Crippen molar-refractivity contribution in [3.63, 3.8) is 0 Å². The van der Waals surface area contributed by atoms with E-state index in [0.29, 0.717) is 55.2 Å². The van der Waals surface area contributed by atoms with Gasteiger partial charge in [-0.1, -0.05) is 22.0 Å². The molecular formula is C24H27BrN2O5. The maximum atomic E-state index is 12.5. The number of fused-ring (bicyclic) bond motifs is 1. The number of benzene rings is 2. The van der Waals surface area contributed by atoms with Gasteiger partial charge in [0, 0.05) is 24.0 Å². The fourth-order valence-corrected chi connectivity index (χ4v) is 3.91. The first-order valence-corrected chi connectivity index (χ1v) is 11.5. The van der Waals surface area contributed by atoms with Gasteiger partial charge in [-0.3, -0.25) is 19.3 Å². The van der Waals surface area contributed by atoms with E-state index >= 15 is 0 Å². The molecule has 0 spiro atoms. The largest absolute Gasteiger partial charge is 0.490 e. The van der Waals surface area contributed by atoms with Crippen molar-refractivity contribution >= 4 is 33.7 Å². The molecule has 0 aromatic heterocycles. The molecule has 7 nitrogen and oxygen atoms in total. The number of nitrogens with one attached hydrogen (secondary N) is 1. The van der Waals surface area contributed by atoms with Gasteiger partial charge in [0.05, 0.1) is 24.3 Å². The van der Waals surface area contributed by atoms with Crippen molar-refractivity contribution in [2.45, 2.75) is 33.1 Å². The quantitative estimate of drug-likeness (QED) is 0.469. The Kier molecular flexibility index (Phi) is 8.27. The minimum Gasteiger partial charge on any atom is -0.490 e. The first-order chi connectivity index (χ1) is 15.4. The summed E-state index contributed by atoms with van der Waals surface area (Å²) in [6.45, 7) is 5.65. The van der Waals surface area contributed by atoms with Gasteiger partial charge < -0.3 is 14.8 Å². The van der Waals surface area contributed by atoms with E-state index in [1.54, 1.807) is 18.2 Å². The zero-order valence-electron chi connectivity index (χ0n) is 18.3. The van der Waals surface area contributed by atoms with Crippen LogP contribution in [0.5, 0.6) is 11.5 Å². The lowest BCUT2D eigenvalue weighted by atomic mass is 10.1. The topological polar surface area (TPSA) is 84.9 Å². The van der Waals surface area contributed by atoms with Gasteiger partial charge in [-0.15, -0.1) is 0 Å². The second-order valence-corrected chi connectivity index (χ2v) is 8.22. The van der Waals surface area contributed by atoms with Gasteiger partial charge in [0.15, 0.2) is 11.5 Å². The number of carbonyl (C=O) groups excluding carboxylic acids is 3. The van der Waals surface area contributed by atoms with Crippen LogP contribution in [0.4, 0.5) is 0 Å². The lowest BCUT2D eigenvalue weighted by Crippen LogP contribution is -2.32. The van der Waals surface area contributed by atoms with E-state index in [0.717, 1.165) is 10.0 Å². The summed E-state index contributed by atoms with van der Waals surface area (Å²) in [5, 5.41) is 2.89. The van der Waals surface area contributed by atoms with Crippen molar-refractivity contribution in [2.75, 3.05) is 26.3 Å². The van der Waals surface area contributed by atoms with Crippen molar-refractivity contribution in [3.05, 3.63) is 57.6 Å². The van der Waals surface area contributed by atoms with Crippen LogP contribution in [-0.4, -0.2) is 48.9 Å². The molecule has 2 aromatic carbocycles. The highest BCUT2D eigenvalue weighted by molar-refractivity contribution is 9.10. The Labute approximate surface area is 196 Å². The minimum atomic E-state index is -0.313. The Morgan fingerprint density at radius 3 is 2.44 bits per heavy atom. The molecule has 0 unspecified atom stereocenters. The van der Waals surface area contributed by atoms with Gasteiger partial charge in [0.25, 0.3) is 11.8 Å². The molecule has 2 aromatic rings. The van der Waals surface area contributed by atoms with Gasteiger partial charge in [-0.05, 0) is 62.6 Å². The highest BCUT2D eigenvalue weighted by atomic mass is 79.9. The maximum absolute atomic E-state index is 12.5. The van der Waals surface area contributed by atoms with E-state index in [1.165, 1.54) is 4.90 Å². The van der Waals surface area contributed by atoms with E-state index in [9.17, 15) is 14.4 Å². The molecule has 0 saturated heterocycles. The molecule has 1 N–H and O–H groups in total. The highest BCUT2D eigenvalue weighted by Crippen LogP contribution is 2.29. The molecule has 0 saturated carbocycles. The molecule has 3 rings (SSSR count). The third kappa shape index (κ3) is 5.68. The van der Waals surface area contributed by atoms with Crippen molar-refractivity contribution in [1.82, 2.24) is 10.2 Å². The lowest BCUT2D eigenvalue weighted by molar-refractivity contribution is -0.121. The maximum Gasteiger partial charge on any atom is 0.261 e. The van der Waals surface area contributed by atoms with E-state index in [4.69, 9.17) is 9.47 Å². The monoisotopic (exact) mass is 502 g/mol. The smallest absolute Gasteiger partial charge is 0.261 e. The summed E-state index contributed by atoms with van der Waals surface area (Å²) in [6, 6.07) is 10.8. The van der Waals surface area contributed by atoms with Gasteiger partial charge in [0.1, 0.15) is 0 Å².